The van der Waals surface area contributed by atoms with Gasteiger partial charge in [-0.1, -0.05) is 0 Å². The van der Waals surface area contributed by atoms with E-state index in [0.717, 1.165) is 12.8 Å². The van der Waals surface area contributed by atoms with Gasteiger partial charge in [-0.05, 0) is 26.2 Å². The van der Waals surface area contributed by atoms with Crippen molar-refractivity contribution in [2.45, 2.75) is 32.2 Å². The van der Waals surface area contributed by atoms with Crippen LogP contribution in [0.4, 0.5) is 10.7 Å². The van der Waals surface area contributed by atoms with Gasteiger partial charge in [0, 0.05) is 20.1 Å². The molecule has 2 rings (SSSR count). The Hall–Kier alpha value is -1.76. The van der Waals surface area contributed by atoms with Crippen LogP contribution in [-0.4, -0.2) is 43.5 Å². The van der Waals surface area contributed by atoms with Gasteiger partial charge < -0.3 is 20.7 Å². The molecule has 116 valence electrons. The number of carbonyl (C=O) groups is 2. The first kappa shape index (κ1) is 15.6. The molecule has 1 aromatic heterocycles. The number of thiophene rings is 1. The molecule has 21 heavy (non-hydrogen) atoms. The van der Waals surface area contributed by atoms with Crippen molar-refractivity contribution in [1.82, 2.24) is 4.90 Å². The number of anilines is 2. The Morgan fingerprint density at radius 1 is 1.43 bits per heavy atom. The largest absolute Gasteiger partial charge is 0.462 e. The molecule has 1 heterocycles. The van der Waals surface area contributed by atoms with Gasteiger partial charge in [0.2, 0.25) is 0 Å². The third-order valence-corrected chi connectivity index (χ3v) is 4.59. The number of hydrogen-bond donors (Lipinski definition) is 2. The van der Waals surface area contributed by atoms with Crippen molar-refractivity contribution in [3.05, 3.63) is 10.4 Å². The fourth-order valence-corrected chi connectivity index (χ4v) is 3.26. The lowest BCUT2D eigenvalue weighted by Gasteiger charge is -2.27. The maximum Gasteiger partial charge on any atom is 0.343 e. The summed E-state index contributed by atoms with van der Waals surface area (Å²) in [5.74, 6) is -0.685. The number of nitrogens with two attached hydrogens (primary N) is 1. The Bertz CT molecular complexity index is 550. The molecule has 3 N–H and O–H groups in total. The number of rotatable bonds is 5. The standard InChI is InChI=1S/C14H21N3O3S/c1-4-20-14(19)9-10(15)11(13(18)17(2)3)21-12(9)16-8-6-5-7-8/h8,16H,4-7,15H2,1-3H3. The molecule has 0 saturated heterocycles. The summed E-state index contributed by atoms with van der Waals surface area (Å²) in [5.41, 5.74) is 6.53. The molecule has 6 nitrogen and oxygen atoms in total. The van der Waals surface area contributed by atoms with Gasteiger partial charge in [-0.25, -0.2) is 4.79 Å². The van der Waals surface area contributed by atoms with Crippen LogP contribution in [0.3, 0.4) is 0 Å². The van der Waals surface area contributed by atoms with Crippen molar-refractivity contribution in [1.29, 1.82) is 0 Å². The van der Waals surface area contributed by atoms with Crippen LogP contribution in [0.1, 0.15) is 46.2 Å². The number of hydrogen-bond acceptors (Lipinski definition) is 6. The van der Waals surface area contributed by atoms with E-state index in [1.165, 1.54) is 22.7 Å². The minimum absolute atomic E-state index is 0.204. The highest BCUT2D eigenvalue weighted by atomic mass is 32.1. The average molecular weight is 311 g/mol. The summed E-state index contributed by atoms with van der Waals surface area (Å²) in [7, 11) is 3.31. The van der Waals surface area contributed by atoms with Gasteiger partial charge in [-0.15, -0.1) is 11.3 Å². The first-order chi connectivity index (χ1) is 9.95. The van der Waals surface area contributed by atoms with Gasteiger partial charge in [0.1, 0.15) is 15.4 Å². The van der Waals surface area contributed by atoms with Crippen LogP contribution in [0, 0.1) is 0 Å². The minimum Gasteiger partial charge on any atom is -0.462 e. The topological polar surface area (TPSA) is 84.7 Å². The molecule has 1 aliphatic carbocycles. The van der Waals surface area contributed by atoms with Crippen molar-refractivity contribution in [3.63, 3.8) is 0 Å². The number of carbonyl (C=O) groups excluding carboxylic acids is 2. The quantitative estimate of drug-likeness (QED) is 0.814. The summed E-state index contributed by atoms with van der Waals surface area (Å²) in [4.78, 5) is 26.1. The van der Waals surface area contributed by atoms with Crippen LogP contribution in [0.25, 0.3) is 0 Å². The zero-order valence-electron chi connectivity index (χ0n) is 12.6. The minimum atomic E-state index is -0.481. The van der Waals surface area contributed by atoms with Gasteiger partial charge >= 0.3 is 5.97 Å². The lowest BCUT2D eigenvalue weighted by molar-refractivity contribution is 0.0529. The van der Waals surface area contributed by atoms with E-state index in [1.54, 1.807) is 21.0 Å². The normalized spacial score (nSPS) is 14.4. The van der Waals surface area contributed by atoms with Crippen LogP contribution >= 0.6 is 11.3 Å². The Kier molecular flexibility index (Phi) is 4.72. The number of nitrogen functional groups attached to an aromatic ring is 1. The first-order valence-electron chi connectivity index (χ1n) is 7.03. The molecule has 0 aliphatic heterocycles. The van der Waals surface area contributed by atoms with Crippen LogP contribution < -0.4 is 11.1 Å². The molecule has 1 amide bonds. The molecule has 0 bridgehead atoms. The molecule has 0 unspecified atom stereocenters. The average Bonchev–Trinajstić information content (AvgIpc) is 2.70. The van der Waals surface area contributed by atoms with Gasteiger partial charge in [0.25, 0.3) is 5.91 Å². The highest BCUT2D eigenvalue weighted by molar-refractivity contribution is 7.19. The lowest BCUT2D eigenvalue weighted by Crippen LogP contribution is -2.27. The number of nitrogens with zero attached hydrogens (tertiary/aromatic N) is 1. The summed E-state index contributed by atoms with van der Waals surface area (Å²) in [5, 5.41) is 3.95. The molecule has 1 aliphatic rings. The molecule has 0 atom stereocenters. The highest BCUT2D eigenvalue weighted by Gasteiger charge is 2.29. The van der Waals surface area contributed by atoms with E-state index < -0.39 is 5.97 Å². The zero-order chi connectivity index (χ0) is 15.6. The predicted octanol–water partition coefficient (Wildman–Crippen LogP) is 2.17. The van der Waals surface area contributed by atoms with Crippen LogP contribution in [0.5, 0.6) is 0 Å². The second kappa shape index (κ2) is 6.34. The second-order valence-electron chi connectivity index (χ2n) is 5.24. The molecule has 1 fully saturated rings. The van der Waals surface area contributed by atoms with Gasteiger partial charge in [0.15, 0.2) is 0 Å². The molecule has 0 spiro atoms. The van der Waals surface area contributed by atoms with Crippen LogP contribution in [0.2, 0.25) is 0 Å². The van der Waals surface area contributed by atoms with E-state index >= 15 is 0 Å². The first-order valence-corrected chi connectivity index (χ1v) is 7.84. The van der Waals surface area contributed by atoms with E-state index in [4.69, 9.17) is 10.5 Å². The Labute approximate surface area is 128 Å². The molecular weight excluding hydrogens is 290 g/mol. The van der Waals surface area contributed by atoms with E-state index in [-0.39, 0.29) is 18.2 Å². The molecule has 1 saturated carbocycles. The summed E-state index contributed by atoms with van der Waals surface area (Å²) < 4.78 is 5.06. The Morgan fingerprint density at radius 2 is 2.10 bits per heavy atom. The SMILES string of the molecule is CCOC(=O)c1c(NC2CCC2)sc(C(=O)N(C)C)c1N. The fourth-order valence-electron chi connectivity index (χ4n) is 2.05. The number of esters is 1. The summed E-state index contributed by atoms with van der Waals surface area (Å²) >= 11 is 1.23. The fraction of sp³-hybridized carbons (Fsp3) is 0.571. The van der Waals surface area contributed by atoms with E-state index in [2.05, 4.69) is 5.32 Å². The van der Waals surface area contributed by atoms with Crippen molar-refractivity contribution < 1.29 is 14.3 Å². The molecule has 1 aromatic rings. The van der Waals surface area contributed by atoms with Crippen molar-refractivity contribution in [2.75, 3.05) is 31.8 Å². The maximum absolute atomic E-state index is 12.2. The third-order valence-electron chi connectivity index (χ3n) is 3.47. The Morgan fingerprint density at radius 3 is 2.57 bits per heavy atom. The third kappa shape index (κ3) is 3.12. The van der Waals surface area contributed by atoms with Crippen LogP contribution in [0.15, 0.2) is 0 Å². The van der Waals surface area contributed by atoms with E-state index in [9.17, 15) is 9.59 Å². The molecule has 0 radical (unpaired) electrons. The lowest BCUT2D eigenvalue weighted by atomic mass is 9.93. The predicted molar refractivity (Wildman–Crippen MR) is 84.0 cm³/mol. The van der Waals surface area contributed by atoms with Gasteiger partial charge in [-0.3, -0.25) is 4.79 Å². The highest BCUT2D eigenvalue weighted by Crippen LogP contribution is 2.39. The summed E-state index contributed by atoms with van der Waals surface area (Å²) in [6.45, 7) is 2.01. The van der Waals surface area contributed by atoms with Crippen molar-refractivity contribution >= 4 is 33.9 Å². The summed E-state index contributed by atoms with van der Waals surface area (Å²) in [6.07, 6.45) is 3.31. The Balaban J connectivity index is 2.37. The second-order valence-corrected chi connectivity index (χ2v) is 6.26. The van der Waals surface area contributed by atoms with Crippen molar-refractivity contribution in [2.24, 2.45) is 0 Å². The molecular formula is C14H21N3O3S. The van der Waals surface area contributed by atoms with Crippen LogP contribution in [-0.2, 0) is 4.74 Å². The van der Waals surface area contributed by atoms with Crippen molar-refractivity contribution in [3.8, 4) is 0 Å². The number of ether oxygens (including phenoxy) is 1. The van der Waals surface area contributed by atoms with E-state index in [0.29, 0.717) is 21.5 Å². The summed E-state index contributed by atoms with van der Waals surface area (Å²) in [6, 6.07) is 0.346. The number of nitrogens with one attached hydrogen (secondary N) is 1. The van der Waals surface area contributed by atoms with Gasteiger partial charge in [0.05, 0.1) is 12.3 Å². The van der Waals surface area contributed by atoms with E-state index in [1.807, 2.05) is 0 Å². The molecule has 0 aromatic carbocycles. The smallest absolute Gasteiger partial charge is 0.343 e. The maximum atomic E-state index is 12.2. The molecule has 7 heteroatoms. The number of amides is 1. The zero-order valence-corrected chi connectivity index (χ0v) is 13.4. The van der Waals surface area contributed by atoms with Gasteiger partial charge in [-0.2, -0.15) is 0 Å². The monoisotopic (exact) mass is 311 g/mol.